The smallest absolute Gasteiger partial charge is 0.264 e. The summed E-state index contributed by atoms with van der Waals surface area (Å²) in [4.78, 5) is 26.5. The molecule has 0 unspecified atom stereocenters. The number of nitrogens with zero attached hydrogens (tertiary/aromatic N) is 2. The number of Topliss-reactive ketones (excluding diaryl/α,β-unsaturated/α-hetero) is 1. The topological polar surface area (TPSA) is 59.0 Å². The molecule has 28 heavy (non-hydrogen) atoms. The number of hydrogen-bond acceptors (Lipinski definition) is 4. The van der Waals surface area contributed by atoms with Gasteiger partial charge in [-0.25, -0.2) is 0 Å². The molecule has 0 saturated heterocycles. The lowest BCUT2D eigenvalue weighted by atomic mass is 9.89. The monoisotopic (exact) mass is 370 g/mol. The normalized spacial score (nSPS) is 16.0. The molecule has 1 heterocycles. The molecule has 1 amide bonds. The van der Waals surface area contributed by atoms with E-state index in [0.717, 1.165) is 5.56 Å². The quantitative estimate of drug-likeness (QED) is 0.505. The number of ether oxygens (including phenoxy) is 1. The van der Waals surface area contributed by atoms with Gasteiger partial charge in [-0.3, -0.25) is 9.59 Å². The predicted octanol–water partition coefficient (Wildman–Crippen LogP) is 3.95. The fraction of sp³-hybridized carbons (Fsp3) is 0.0870. The maximum Gasteiger partial charge on any atom is 0.264 e. The molecule has 0 fully saturated rings. The Kier molecular flexibility index (Phi) is 4.72. The highest BCUT2D eigenvalue weighted by atomic mass is 16.5. The predicted molar refractivity (Wildman–Crippen MR) is 108 cm³/mol. The summed E-state index contributed by atoms with van der Waals surface area (Å²) < 4.78 is 5.22. The third-order valence-electron chi connectivity index (χ3n) is 4.62. The SMILES string of the molecule is COc1cccc(C(=O)[C@@H]2C(=O)N(c3ccccc3)N=C2c2ccccc2)c1. The van der Waals surface area contributed by atoms with Crippen LogP contribution in [0.3, 0.4) is 0 Å². The summed E-state index contributed by atoms with van der Waals surface area (Å²) in [5.41, 5.74) is 2.23. The number of benzene rings is 3. The number of carbonyl (C=O) groups is 2. The van der Waals surface area contributed by atoms with Crippen LogP contribution < -0.4 is 9.75 Å². The van der Waals surface area contributed by atoms with Gasteiger partial charge in [0.2, 0.25) is 0 Å². The second-order valence-corrected chi connectivity index (χ2v) is 6.37. The van der Waals surface area contributed by atoms with Crippen molar-refractivity contribution >= 4 is 23.1 Å². The van der Waals surface area contributed by atoms with E-state index in [1.165, 1.54) is 12.1 Å². The molecule has 0 saturated carbocycles. The largest absolute Gasteiger partial charge is 0.497 e. The Hall–Kier alpha value is -3.73. The first-order valence-corrected chi connectivity index (χ1v) is 8.90. The van der Waals surface area contributed by atoms with Crippen LogP contribution in [-0.2, 0) is 4.79 Å². The Balaban J connectivity index is 1.79. The number of hydrazone groups is 1. The molecule has 0 N–H and O–H groups in total. The molecule has 0 aromatic heterocycles. The summed E-state index contributed by atoms with van der Waals surface area (Å²) >= 11 is 0. The average molecular weight is 370 g/mol. The molecule has 0 bridgehead atoms. The molecule has 0 aliphatic carbocycles. The van der Waals surface area contributed by atoms with Gasteiger partial charge in [-0.05, 0) is 29.8 Å². The summed E-state index contributed by atoms with van der Waals surface area (Å²) in [5.74, 6) is -1.10. The lowest BCUT2D eigenvalue weighted by molar-refractivity contribution is -0.118. The van der Waals surface area contributed by atoms with Gasteiger partial charge in [0.05, 0.1) is 18.5 Å². The molecular weight excluding hydrogens is 352 g/mol. The number of hydrogen-bond donors (Lipinski definition) is 0. The molecule has 4 rings (SSSR count). The van der Waals surface area contributed by atoms with E-state index < -0.39 is 5.92 Å². The first-order valence-electron chi connectivity index (χ1n) is 8.90. The zero-order chi connectivity index (χ0) is 19.5. The number of anilines is 1. The molecule has 0 spiro atoms. The van der Waals surface area contributed by atoms with Gasteiger partial charge in [0.1, 0.15) is 11.7 Å². The summed E-state index contributed by atoms with van der Waals surface area (Å²) in [5, 5.41) is 5.84. The van der Waals surface area contributed by atoms with E-state index in [4.69, 9.17) is 4.74 Å². The van der Waals surface area contributed by atoms with Crippen LogP contribution in [0, 0.1) is 5.92 Å². The summed E-state index contributed by atoms with van der Waals surface area (Å²) in [7, 11) is 1.54. The van der Waals surface area contributed by atoms with Crippen molar-refractivity contribution in [3.05, 3.63) is 96.1 Å². The molecule has 1 atom stereocenters. The van der Waals surface area contributed by atoms with E-state index >= 15 is 0 Å². The molecular formula is C23H18N2O3. The summed E-state index contributed by atoms with van der Waals surface area (Å²) in [6.07, 6.45) is 0. The number of para-hydroxylation sites is 1. The van der Waals surface area contributed by atoms with Crippen molar-refractivity contribution in [3.63, 3.8) is 0 Å². The Bertz CT molecular complexity index is 1050. The molecule has 3 aromatic carbocycles. The highest BCUT2D eigenvalue weighted by molar-refractivity contribution is 6.34. The fourth-order valence-electron chi connectivity index (χ4n) is 3.22. The van der Waals surface area contributed by atoms with Gasteiger partial charge < -0.3 is 4.74 Å². The van der Waals surface area contributed by atoms with E-state index in [-0.39, 0.29) is 11.7 Å². The molecule has 1 aliphatic heterocycles. The first-order chi connectivity index (χ1) is 13.7. The van der Waals surface area contributed by atoms with Crippen molar-refractivity contribution in [2.75, 3.05) is 12.1 Å². The average Bonchev–Trinajstić information content (AvgIpc) is 3.11. The molecule has 3 aromatic rings. The van der Waals surface area contributed by atoms with Gasteiger partial charge in [-0.1, -0.05) is 60.7 Å². The van der Waals surface area contributed by atoms with Crippen LogP contribution in [0.25, 0.3) is 0 Å². The first kappa shape index (κ1) is 17.7. The Morgan fingerprint density at radius 2 is 1.61 bits per heavy atom. The number of amides is 1. The molecule has 0 radical (unpaired) electrons. The van der Waals surface area contributed by atoms with Crippen LogP contribution in [0.2, 0.25) is 0 Å². The fourth-order valence-corrected chi connectivity index (χ4v) is 3.22. The Labute approximate surface area is 162 Å². The number of rotatable bonds is 5. The van der Waals surface area contributed by atoms with Gasteiger partial charge in [-0.2, -0.15) is 10.1 Å². The van der Waals surface area contributed by atoms with E-state index in [1.807, 2.05) is 48.5 Å². The van der Waals surface area contributed by atoms with Crippen molar-refractivity contribution < 1.29 is 14.3 Å². The van der Waals surface area contributed by atoms with E-state index in [2.05, 4.69) is 5.10 Å². The van der Waals surface area contributed by atoms with Crippen LogP contribution in [-0.4, -0.2) is 24.5 Å². The van der Waals surface area contributed by atoms with Crippen molar-refractivity contribution in [1.82, 2.24) is 0 Å². The molecule has 1 aliphatic rings. The zero-order valence-electron chi connectivity index (χ0n) is 15.3. The Morgan fingerprint density at radius 1 is 0.929 bits per heavy atom. The summed E-state index contributed by atoms with van der Waals surface area (Å²) in [6.45, 7) is 0. The second kappa shape index (κ2) is 7.48. The minimum atomic E-state index is -1.00. The van der Waals surface area contributed by atoms with Crippen LogP contribution in [0.5, 0.6) is 5.75 Å². The molecule has 5 heteroatoms. The zero-order valence-corrected chi connectivity index (χ0v) is 15.3. The van der Waals surface area contributed by atoms with Crippen LogP contribution in [0.4, 0.5) is 5.69 Å². The Morgan fingerprint density at radius 3 is 2.29 bits per heavy atom. The van der Waals surface area contributed by atoms with Crippen LogP contribution >= 0.6 is 0 Å². The molecule has 5 nitrogen and oxygen atoms in total. The lowest BCUT2D eigenvalue weighted by Crippen LogP contribution is -2.33. The van der Waals surface area contributed by atoms with Gasteiger partial charge >= 0.3 is 0 Å². The standard InChI is InChI=1S/C23H18N2O3/c1-28-19-14-8-11-17(15-19)22(26)20-21(16-9-4-2-5-10-16)24-25(23(20)27)18-12-6-3-7-13-18/h2-15,20H,1H3/t20-/m1/s1. The number of ketones is 1. The number of carbonyl (C=O) groups excluding carboxylic acids is 2. The van der Waals surface area contributed by atoms with Gasteiger partial charge in [0, 0.05) is 5.56 Å². The van der Waals surface area contributed by atoms with Crippen molar-refractivity contribution in [2.24, 2.45) is 11.0 Å². The van der Waals surface area contributed by atoms with E-state index in [0.29, 0.717) is 22.7 Å². The van der Waals surface area contributed by atoms with Gasteiger partial charge in [0.25, 0.3) is 5.91 Å². The minimum absolute atomic E-state index is 0.301. The minimum Gasteiger partial charge on any atom is -0.497 e. The van der Waals surface area contributed by atoms with Gasteiger partial charge in [0.15, 0.2) is 5.78 Å². The van der Waals surface area contributed by atoms with Crippen LogP contribution in [0.1, 0.15) is 15.9 Å². The number of methoxy groups -OCH3 is 1. The summed E-state index contributed by atoms with van der Waals surface area (Å²) in [6, 6.07) is 25.3. The highest BCUT2D eigenvalue weighted by Gasteiger charge is 2.42. The van der Waals surface area contributed by atoms with Crippen molar-refractivity contribution in [3.8, 4) is 5.75 Å². The maximum absolute atomic E-state index is 13.3. The van der Waals surface area contributed by atoms with Gasteiger partial charge in [-0.15, -0.1) is 0 Å². The third kappa shape index (κ3) is 3.18. The van der Waals surface area contributed by atoms with E-state index in [9.17, 15) is 9.59 Å². The van der Waals surface area contributed by atoms with Crippen LogP contribution in [0.15, 0.2) is 90.0 Å². The third-order valence-corrected chi connectivity index (χ3v) is 4.62. The van der Waals surface area contributed by atoms with E-state index in [1.54, 1.807) is 36.4 Å². The second-order valence-electron chi connectivity index (χ2n) is 6.37. The maximum atomic E-state index is 13.3. The highest BCUT2D eigenvalue weighted by Crippen LogP contribution is 2.29. The molecule has 138 valence electrons. The van der Waals surface area contributed by atoms with Crippen molar-refractivity contribution in [2.45, 2.75) is 0 Å². The lowest BCUT2D eigenvalue weighted by Gasteiger charge is -2.14. The van der Waals surface area contributed by atoms with Crippen molar-refractivity contribution in [1.29, 1.82) is 0 Å².